The Morgan fingerprint density at radius 2 is 2.36 bits per heavy atom. The summed E-state index contributed by atoms with van der Waals surface area (Å²) >= 11 is 0. The number of fused-ring (bicyclic) bond motifs is 1. The van der Waals surface area contributed by atoms with Gasteiger partial charge >= 0.3 is 0 Å². The van der Waals surface area contributed by atoms with Gasteiger partial charge in [-0.15, -0.1) is 0 Å². The molecule has 0 aliphatic carbocycles. The third-order valence-electron chi connectivity index (χ3n) is 2.01. The zero-order valence-corrected chi connectivity index (χ0v) is 6.99. The van der Waals surface area contributed by atoms with Gasteiger partial charge in [-0.3, -0.25) is 4.79 Å². The van der Waals surface area contributed by atoms with Gasteiger partial charge < -0.3 is 5.32 Å². The van der Waals surface area contributed by atoms with Gasteiger partial charge in [0, 0.05) is 28.3 Å². The van der Waals surface area contributed by atoms with E-state index >= 15 is 0 Å². The number of carbonyl (C=O) groups is 1. The SMILES string of the molecule is [N-]=[N+]=Nc1cc(F)c2c(c1)C(=O)NC2. The van der Waals surface area contributed by atoms with Crippen LogP contribution >= 0.6 is 0 Å². The number of hydrogen-bond donors (Lipinski definition) is 1. The van der Waals surface area contributed by atoms with E-state index < -0.39 is 5.82 Å². The number of benzene rings is 1. The minimum Gasteiger partial charge on any atom is -0.348 e. The number of hydrogen-bond acceptors (Lipinski definition) is 2. The van der Waals surface area contributed by atoms with Crippen molar-refractivity contribution < 1.29 is 9.18 Å². The number of azide groups is 1. The summed E-state index contributed by atoms with van der Waals surface area (Å²) in [5.74, 6) is -0.864. The molecule has 0 spiro atoms. The molecule has 70 valence electrons. The second-order valence-corrected chi connectivity index (χ2v) is 2.83. The molecule has 0 saturated heterocycles. The summed E-state index contributed by atoms with van der Waals surface area (Å²) in [6.45, 7) is 0.191. The predicted molar refractivity (Wildman–Crippen MR) is 46.4 cm³/mol. The molecule has 0 fully saturated rings. The van der Waals surface area contributed by atoms with E-state index in [0.29, 0.717) is 5.56 Å². The number of halogens is 1. The topological polar surface area (TPSA) is 77.9 Å². The quantitative estimate of drug-likeness (QED) is 0.412. The number of amides is 1. The molecule has 6 heteroatoms. The van der Waals surface area contributed by atoms with Crippen LogP contribution in [-0.2, 0) is 6.54 Å². The molecule has 1 aromatic rings. The van der Waals surface area contributed by atoms with Crippen LogP contribution in [0.3, 0.4) is 0 Å². The Morgan fingerprint density at radius 1 is 1.57 bits per heavy atom. The van der Waals surface area contributed by atoms with Crippen LogP contribution < -0.4 is 5.32 Å². The number of nitrogens with zero attached hydrogens (tertiary/aromatic N) is 3. The Bertz CT molecular complexity index is 465. The van der Waals surface area contributed by atoms with Gasteiger partial charge in [-0.1, -0.05) is 5.11 Å². The number of nitrogens with one attached hydrogen (secondary N) is 1. The Hall–Kier alpha value is -2.07. The molecular weight excluding hydrogens is 187 g/mol. The van der Waals surface area contributed by atoms with E-state index in [1.54, 1.807) is 0 Å². The van der Waals surface area contributed by atoms with Crippen LogP contribution in [0.5, 0.6) is 0 Å². The van der Waals surface area contributed by atoms with E-state index in [-0.39, 0.29) is 23.7 Å². The van der Waals surface area contributed by atoms with Crippen molar-refractivity contribution >= 4 is 11.6 Å². The summed E-state index contributed by atoms with van der Waals surface area (Å²) in [6.07, 6.45) is 0. The molecule has 5 nitrogen and oxygen atoms in total. The molecule has 2 rings (SSSR count). The molecule has 1 aromatic carbocycles. The average molecular weight is 192 g/mol. The van der Waals surface area contributed by atoms with Gasteiger partial charge in [0.25, 0.3) is 5.91 Å². The lowest BCUT2D eigenvalue weighted by atomic mass is 10.1. The summed E-state index contributed by atoms with van der Waals surface area (Å²) in [6, 6.07) is 2.49. The molecule has 0 saturated carbocycles. The standard InChI is InChI=1S/C8H5FN4O/c9-7-2-4(12-13-10)1-5-6(7)3-11-8(5)14/h1-2H,3H2,(H,11,14). The first kappa shape index (κ1) is 8.52. The smallest absolute Gasteiger partial charge is 0.252 e. The van der Waals surface area contributed by atoms with Crippen molar-refractivity contribution in [2.75, 3.05) is 0 Å². The maximum absolute atomic E-state index is 13.3. The molecule has 0 unspecified atom stereocenters. The zero-order chi connectivity index (χ0) is 10.1. The monoisotopic (exact) mass is 192 g/mol. The van der Waals surface area contributed by atoms with Gasteiger partial charge in [0.1, 0.15) is 5.82 Å². The van der Waals surface area contributed by atoms with Gasteiger partial charge in [-0.25, -0.2) is 4.39 Å². The van der Waals surface area contributed by atoms with Crippen molar-refractivity contribution in [2.24, 2.45) is 5.11 Å². The Balaban J connectivity index is 2.63. The van der Waals surface area contributed by atoms with Gasteiger partial charge in [-0.2, -0.15) is 0 Å². The first-order valence-electron chi connectivity index (χ1n) is 3.88. The summed E-state index contributed by atoms with van der Waals surface area (Å²) in [4.78, 5) is 13.7. The van der Waals surface area contributed by atoms with E-state index in [1.165, 1.54) is 6.07 Å². The highest BCUT2D eigenvalue weighted by molar-refractivity contribution is 5.99. The minimum atomic E-state index is -0.525. The van der Waals surface area contributed by atoms with Crippen molar-refractivity contribution in [1.29, 1.82) is 0 Å². The molecule has 1 N–H and O–H groups in total. The molecule has 14 heavy (non-hydrogen) atoms. The Morgan fingerprint density at radius 3 is 3.07 bits per heavy atom. The van der Waals surface area contributed by atoms with E-state index in [2.05, 4.69) is 15.3 Å². The Labute approximate surface area is 78.2 Å². The van der Waals surface area contributed by atoms with Crippen LogP contribution in [0.2, 0.25) is 0 Å². The minimum absolute atomic E-state index is 0.112. The molecule has 1 amide bonds. The Kier molecular flexibility index (Phi) is 1.83. The number of carbonyl (C=O) groups excluding carboxylic acids is 1. The second-order valence-electron chi connectivity index (χ2n) is 2.83. The molecule has 0 radical (unpaired) electrons. The molecule has 1 heterocycles. The largest absolute Gasteiger partial charge is 0.348 e. The third-order valence-corrected chi connectivity index (χ3v) is 2.01. The highest BCUT2D eigenvalue weighted by Gasteiger charge is 2.22. The fraction of sp³-hybridized carbons (Fsp3) is 0.125. The van der Waals surface area contributed by atoms with E-state index in [9.17, 15) is 9.18 Å². The van der Waals surface area contributed by atoms with Gasteiger partial charge in [0.2, 0.25) is 0 Å². The highest BCUT2D eigenvalue weighted by atomic mass is 19.1. The fourth-order valence-electron chi connectivity index (χ4n) is 1.38. The lowest BCUT2D eigenvalue weighted by Crippen LogP contribution is -2.12. The van der Waals surface area contributed by atoms with E-state index in [1.807, 2.05) is 0 Å². The normalized spacial score (nSPS) is 13.1. The molecule has 0 aromatic heterocycles. The highest BCUT2D eigenvalue weighted by Crippen LogP contribution is 2.25. The van der Waals surface area contributed by atoms with Crippen molar-refractivity contribution in [3.05, 3.63) is 39.5 Å². The van der Waals surface area contributed by atoms with Crippen molar-refractivity contribution in [1.82, 2.24) is 5.32 Å². The van der Waals surface area contributed by atoms with Crippen LogP contribution in [0.4, 0.5) is 10.1 Å². The first-order chi connectivity index (χ1) is 6.72. The second kappa shape index (κ2) is 3.01. The summed E-state index contributed by atoms with van der Waals surface area (Å²) in [5, 5.41) is 5.72. The fourth-order valence-corrected chi connectivity index (χ4v) is 1.38. The van der Waals surface area contributed by atoms with Crippen molar-refractivity contribution in [2.45, 2.75) is 6.54 Å². The average Bonchev–Trinajstić information content (AvgIpc) is 2.49. The first-order valence-corrected chi connectivity index (χ1v) is 3.88. The lowest BCUT2D eigenvalue weighted by molar-refractivity contribution is 0.0966. The third kappa shape index (κ3) is 1.18. The number of rotatable bonds is 1. The molecule has 0 bridgehead atoms. The van der Waals surface area contributed by atoms with Gasteiger partial charge in [0.05, 0.1) is 0 Å². The molecule has 0 atom stereocenters. The summed E-state index contributed by atoms with van der Waals surface area (Å²) in [5.41, 5.74) is 8.84. The van der Waals surface area contributed by atoms with Crippen molar-refractivity contribution in [3.63, 3.8) is 0 Å². The van der Waals surface area contributed by atoms with E-state index in [0.717, 1.165) is 6.07 Å². The van der Waals surface area contributed by atoms with Crippen LogP contribution in [0.1, 0.15) is 15.9 Å². The van der Waals surface area contributed by atoms with Gasteiger partial charge in [-0.05, 0) is 17.7 Å². The summed E-state index contributed by atoms with van der Waals surface area (Å²) < 4.78 is 13.3. The maximum atomic E-state index is 13.3. The van der Waals surface area contributed by atoms with Crippen LogP contribution in [0, 0.1) is 5.82 Å². The lowest BCUT2D eigenvalue weighted by Gasteiger charge is -1.98. The molecule has 1 aliphatic heterocycles. The summed E-state index contributed by atoms with van der Waals surface area (Å²) in [7, 11) is 0. The van der Waals surface area contributed by atoms with E-state index in [4.69, 9.17) is 5.53 Å². The van der Waals surface area contributed by atoms with Gasteiger partial charge in [0.15, 0.2) is 0 Å². The maximum Gasteiger partial charge on any atom is 0.252 e. The van der Waals surface area contributed by atoms with Crippen LogP contribution in [-0.4, -0.2) is 5.91 Å². The molecular formula is C8H5FN4O. The predicted octanol–water partition coefficient (Wildman–Crippen LogP) is 2.01. The van der Waals surface area contributed by atoms with Crippen molar-refractivity contribution in [3.8, 4) is 0 Å². The zero-order valence-electron chi connectivity index (χ0n) is 6.99. The van der Waals surface area contributed by atoms with Crippen LogP contribution in [0.15, 0.2) is 17.2 Å². The van der Waals surface area contributed by atoms with Crippen LogP contribution in [0.25, 0.3) is 10.4 Å². The molecule has 1 aliphatic rings.